The summed E-state index contributed by atoms with van der Waals surface area (Å²) in [5.74, 6) is 0.231. The van der Waals surface area contributed by atoms with Gasteiger partial charge in [0, 0.05) is 75.1 Å². The van der Waals surface area contributed by atoms with Crippen LogP contribution >= 0.6 is 0 Å². The topological polar surface area (TPSA) is 119 Å². The Bertz CT molecular complexity index is 1770. The summed E-state index contributed by atoms with van der Waals surface area (Å²) in [5.41, 5.74) is 0.744. The lowest BCUT2D eigenvalue weighted by molar-refractivity contribution is -0.211. The Morgan fingerprint density at radius 2 is 1.82 bits per heavy atom. The summed E-state index contributed by atoms with van der Waals surface area (Å²) in [6.07, 6.45) is 2.48. The van der Waals surface area contributed by atoms with Gasteiger partial charge in [-0.2, -0.15) is 15.0 Å². The van der Waals surface area contributed by atoms with Crippen LogP contribution in [0.1, 0.15) is 24.2 Å². The first-order valence-electron chi connectivity index (χ1n) is 12.2. The van der Waals surface area contributed by atoms with Gasteiger partial charge in [-0.15, -0.1) is 28.5 Å². The summed E-state index contributed by atoms with van der Waals surface area (Å²) in [6, 6.07) is 5.35. The third kappa shape index (κ3) is 4.31. The molecule has 0 N–H and O–H groups in total. The van der Waals surface area contributed by atoms with Crippen LogP contribution in [0.5, 0.6) is 0 Å². The van der Waals surface area contributed by atoms with Crippen molar-refractivity contribution >= 4 is 16.7 Å². The van der Waals surface area contributed by atoms with E-state index in [2.05, 4.69) is 31.4 Å². The van der Waals surface area contributed by atoms with Crippen molar-refractivity contribution in [2.24, 2.45) is 14.1 Å². The van der Waals surface area contributed by atoms with E-state index in [1.165, 1.54) is 18.6 Å². The number of hydrogen-bond donors (Lipinski definition) is 0. The third-order valence-corrected chi connectivity index (χ3v) is 6.99. The highest BCUT2D eigenvalue weighted by Crippen LogP contribution is 2.41. The predicted molar refractivity (Wildman–Crippen MR) is 134 cm³/mol. The Balaban J connectivity index is 1.47. The molecule has 0 aliphatic carbocycles. The second kappa shape index (κ2) is 9.11. The van der Waals surface area contributed by atoms with Crippen molar-refractivity contribution in [1.29, 1.82) is 5.26 Å². The zero-order valence-corrected chi connectivity index (χ0v) is 21.3. The van der Waals surface area contributed by atoms with E-state index in [1.54, 1.807) is 41.8 Å². The number of hydrogen-bond acceptors (Lipinski definition) is 8. The van der Waals surface area contributed by atoms with Crippen LogP contribution < -0.4 is 4.90 Å². The maximum atomic E-state index is 15.9. The number of aromatic nitrogens is 9. The molecule has 6 heterocycles. The zero-order chi connectivity index (χ0) is 28.2. The minimum absolute atomic E-state index is 0.0871. The van der Waals surface area contributed by atoms with Crippen LogP contribution in [0.15, 0.2) is 43.2 Å². The molecule has 0 aromatic carbocycles. The van der Waals surface area contributed by atoms with Gasteiger partial charge in [-0.25, -0.2) is 14.4 Å². The molecule has 0 bridgehead atoms. The first-order valence-corrected chi connectivity index (χ1v) is 12.2. The third-order valence-electron chi connectivity index (χ3n) is 6.99. The molecule has 0 spiro atoms. The quantitative estimate of drug-likeness (QED) is 0.309. The summed E-state index contributed by atoms with van der Waals surface area (Å²) >= 11 is 0. The molecule has 0 amide bonds. The first kappa shape index (κ1) is 25.4. The van der Waals surface area contributed by atoms with Gasteiger partial charge >= 0.3 is 6.30 Å². The number of halogens is 4. The highest BCUT2D eigenvalue weighted by molar-refractivity contribution is 5.87. The molecule has 1 aliphatic heterocycles. The number of pyridine rings is 2. The fourth-order valence-corrected chi connectivity index (χ4v) is 5.02. The van der Waals surface area contributed by atoms with Crippen molar-refractivity contribution in [2.45, 2.75) is 24.8 Å². The van der Waals surface area contributed by atoms with E-state index >= 15 is 4.39 Å². The number of anilines is 1. The van der Waals surface area contributed by atoms with E-state index in [-0.39, 0.29) is 53.0 Å². The molecule has 1 fully saturated rings. The SMILES string of the molecule is Cn1cc(-c2cc(C#N)c(N3CCC(F)(c4nncn4C)CC3)c(-c3cnc4nn(C(F)(F)F)cc4c3)n2)cn1. The average Bonchev–Trinajstić information content (AvgIpc) is 3.67. The lowest BCUT2D eigenvalue weighted by Gasteiger charge is -2.37. The van der Waals surface area contributed by atoms with E-state index in [1.807, 2.05) is 4.90 Å². The van der Waals surface area contributed by atoms with Crippen molar-refractivity contribution in [2.75, 3.05) is 18.0 Å². The molecule has 0 saturated carbocycles. The molecule has 0 radical (unpaired) electrons. The first-order chi connectivity index (χ1) is 19.1. The van der Waals surface area contributed by atoms with Gasteiger partial charge in [0.2, 0.25) is 0 Å². The Morgan fingerprint density at radius 3 is 2.45 bits per heavy atom. The van der Waals surface area contributed by atoms with Crippen molar-refractivity contribution in [1.82, 2.24) is 44.3 Å². The number of alkyl halides is 4. The van der Waals surface area contributed by atoms with E-state index in [4.69, 9.17) is 4.98 Å². The van der Waals surface area contributed by atoms with E-state index in [0.29, 0.717) is 28.2 Å². The molecule has 0 unspecified atom stereocenters. The fraction of sp³-hybridized carbons (Fsp3) is 0.320. The molecule has 6 rings (SSSR count). The summed E-state index contributed by atoms with van der Waals surface area (Å²) in [7, 11) is 3.42. The molecular weight excluding hydrogens is 530 g/mol. The van der Waals surface area contributed by atoms with Gasteiger partial charge in [0.1, 0.15) is 12.4 Å². The normalized spacial score (nSPS) is 15.5. The number of nitriles is 1. The summed E-state index contributed by atoms with van der Waals surface area (Å²) < 4.78 is 58.7. The Morgan fingerprint density at radius 1 is 1.05 bits per heavy atom. The number of piperidine rings is 1. The van der Waals surface area contributed by atoms with Crippen LogP contribution in [0.3, 0.4) is 0 Å². The number of nitrogens with zero attached hydrogens (tertiary/aromatic N) is 11. The maximum absolute atomic E-state index is 15.9. The van der Waals surface area contributed by atoms with Gasteiger partial charge in [-0.3, -0.25) is 4.68 Å². The van der Waals surface area contributed by atoms with Gasteiger partial charge in [0.15, 0.2) is 17.1 Å². The van der Waals surface area contributed by atoms with Crippen LogP contribution in [0, 0.1) is 11.3 Å². The molecule has 5 aromatic heterocycles. The smallest absolute Gasteiger partial charge is 0.368 e. The molecular formula is C25H21F4N11. The summed E-state index contributed by atoms with van der Waals surface area (Å²) in [5, 5.41) is 25.8. The van der Waals surface area contributed by atoms with Crippen molar-refractivity contribution in [3.63, 3.8) is 0 Å². The molecule has 5 aromatic rings. The standard InChI is InChI=1S/C25H21F4N11/c1-37-14-32-35-23(37)24(26)3-5-39(6-4-24)21-15(9-30)8-19(18-11-33-38(2)12-18)34-20(21)16-7-17-13-40(25(27,28)29)36-22(17)31-10-16/h7-8,10-14H,3-6H2,1-2H3. The molecule has 40 heavy (non-hydrogen) atoms. The molecule has 0 atom stereocenters. The van der Waals surface area contributed by atoms with Crippen molar-refractivity contribution < 1.29 is 17.6 Å². The Labute approximate surface area is 224 Å². The highest BCUT2D eigenvalue weighted by atomic mass is 19.4. The fourth-order valence-electron chi connectivity index (χ4n) is 5.02. The van der Waals surface area contributed by atoms with Gasteiger partial charge in [-0.05, 0) is 12.1 Å². The Hall–Kier alpha value is -4.87. The van der Waals surface area contributed by atoms with Crippen molar-refractivity contribution in [3.05, 3.63) is 54.6 Å². The van der Waals surface area contributed by atoms with Crippen LogP contribution in [0.2, 0.25) is 0 Å². The largest absolute Gasteiger partial charge is 0.504 e. The van der Waals surface area contributed by atoms with Crippen molar-refractivity contribution in [3.8, 4) is 28.6 Å². The van der Waals surface area contributed by atoms with Crippen LogP contribution in [0.4, 0.5) is 23.2 Å². The average molecular weight is 552 g/mol. The summed E-state index contributed by atoms with van der Waals surface area (Å²) in [4.78, 5) is 10.8. The number of rotatable bonds is 4. The van der Waals surface area contributed by atoms with Crippen LogP contribution in [-0.2, 0) is 26.1 Å². The van der Waals surface area contributed by atoms with Gasteiger partial charge < -0.3 is 9.47 Å². The zero-order valence-electron chi connectivity index (χ0n) is 21.3. The van der Waals surface area contributed by atoms with E-state index in [9.17, 15) is 18.4 Å². The highest BCUT2D eigenvalue weighted by Gasteiger charge is 2.41. The maximum Gasteiger partial charge on any atom is 0.504 e. The predicted octanol–water partition coefficient (Wildman–Crippen LogP) is 3.84. The monoisotopic (exact) mass is 551 g/mol. The second-order valence-corrected chi connectivity index (χ2v) is 9.66. The number of aryl methyl sites for hydroxylation is 2. The molecule has 15 heteroatoms. The lowest BCUT2D eigenvalue weighted by Crippen LogP contribution is -2.42. The summed E-state index contributed by atoms with van der Waals surface area (Å²) in [6.45, 7) is 0.473. The molecule has 11 nitrogen and oxygen atoms in total. The van der Waals surface area contributed by atoms with Gasteiger partial charge in [0.05, 0.1) is 28.8 Å². The van der Waals surface area contributed by atoms with E-state index < -0.39 is 12.0 Å². The Kier molecular flexibility index (Phi) is 5.79. The minimum atomic E-state index is -4.70. The lowest BCUT2D eigenvalue weighted by atomic mass is 9.91. The molecule has 1 saturated heterocycles. The molecule has 204 valence electrons. The number of fused-ring (bicyclic) bond motifs is 1. The van der Waals surface area contributed by atoms with Crippen LogP contribution in [0.25, 0.3) is 33.5 Å². The second-order valence-electron chi connectivity index (χ2n) is 9.66. The minimum Gasteiger partial charge on any atom is -0.368 e. The molecule has 1 aliphatic rings. The van der Waals surface area contributed by atoms with E-state index in [0.717, 1.165) is 6.20 Å². The van der Waals surface area contributed by atoms with Gasteiger partial charge in [-0.1, -0.05) is 0 Å². The van der Waals surface area contributed by atoms with Crippen LogP contribution in [-0.4, -0.2) is 57.4 Å². The van der Waals surface area contributed by atoms with Gasteiger partial charge in [0.25, 0.3) is 0 Å².